The molecule has 1 atom stereocenters. The zero-order chi connectivity index (χ0) is 24.8. The molecule has 0 unspecified atom stereocenters. The second-order valence-corrected chi connectivity index (χ2v) is 9.33. The molecule has 0 N–H and O–H groups in total. The fourth-order valence-corrected chi connectivity index (χ4v) is 4.75. The van der Waals surface area contributed by atoms with Gasteiger partial charge in [-0.05, 0) is 31.4 Å². The number of hydrogen-bond donors (Lipinski definition) is 0. The number of carbonyl (C=O) groups excluding carboxylic acids is 1. The molecule has 0 spiro atoms. The van der Waals surface area contributed by atoms with Gasteiger partial charge in [-0.2, -0.15) is 0 Å². The van der Waals surface area contributed by atoms with E-state index >= 15 is 0 Å². The van der Waals surface area contributed by atoms with Gasteiger partial charge < -0.3 is 14.1 Å². The van der Waals surface area contributed by atoms with E-state index in [4.69, 9.17) is 9.15 Å². The number of carbonyl (C=O) groups is 1. The van der Waals surface area contributed by atoms with Crippen LogP contribution in [0, 0.1) is 13.8 Å². The molecule has 2 heterocycles. The molecule has 0 radical (unpaired) electrons. The van der Waals surface area contributed by atoms with Gasteiger partial charge >= 0.3 is 0 Å². The minimum absolute atomic E-state index is 0.1000. The van der Waals surface area contributed by atoms with Crippen molar-refractivity contribution in [3.63, 3.8) is 0 Å². The van der Waals surface area contributed by atoms with Crippen molar-refractivity contribution < 1.29 is 13.9 Å². The highest BCUT2D eigenvalue weighted by Gasteiger charge is 2.27. The van der Waals surface area contributed by atoms with E-state index < -0.39 is 0 Å². The van der Waals surface area contributed by atoms with E-state index in [2.05, 4.69) is 30.0 Å². The van der Waals surface area contributed by atoms with Gasteiger partial charge in [0.05, 0.1) is 12.5 Å². The Bertz CT molecular complexity index is 1180. The Kier molecular flexibility index (Phi) is 8.03. The monoisotopic (exact) mass is 474 g/mol. The third kappa shape index (κ3) is 6.40. The van der Waals surface area contributed by atoms with Crippen LogP contribution in [0.15, 0.2) is 70.1 Å². The lowest BCUT2D eigenvalue weighted by Gasteiger charge is -2.36. The molecule has 1 aromatic heterocycles. The summed E-state index contributed by atoms with van der Waals surface area (Å²) in [6.45, 7) is 9.82. The summed E-state index contributed by atoms with van der Waals surface area (Å²) in [5.74, 6) is 0.909. The van der Waals surface area contributed by atoms with Gasteiger partial charge in [0.25, 0.3) is 0 Å². The van der Waals surface area contributed by atoms with Crippen molar-refractivity contribution >= 4 is 5.91 Å². The van der Waals surface area contributed by atoms with Crippen molar-refractivity contribution in [3.05, 3.63) is 99.1 Å². The van der Waals surface area contributed by atoms with Crippen molar-refractivity contribution in [2.24, 2.45) is 0 Å². The maximum atomic E-state index is 13.1. The number of amides is 1. The summed E-state index contributed by atoms with van der Waals surface area (Å²) in [5, 5.41) is 0. The van der Waals surface area contributed by atoms with Crippen LogP contribution >= 0.6 is 0 Å². The summed E-state index contributed by atoms with van der Waals surface area (Å²) >= 11 is 0. The summed E-state index contributed by atoms with van der Waals surface area (Å²) < 4.78 is 11.4. The highest BCUT2D eigenvalue weighted by atomic mass is 16.5. The number of hydrogen-bond acceptors (Lipinski definition) is 5. The molecule has 4 rings (SSSR count). The molecule has 6 nitrogen and oxygen atoms in total. The summed E-state index contributed by atoms with van der Waals surface area (Å²) in [7, 11) is 0. The number of rotatable bonds is 8. The Hall–Kier alpha value is -3.38. The molecule has 1 amide bonds. The van der Waals surface area contributed by atoms with Crippen molar-refractivity contribution in [2.45, 2.75) is 46.3 Å². The largest absolute Gasteiger partial charge is 0.482 e. The predicted molar refractivity (Wildman–Crippen MR) is 137 cm³/mol. The minimum atomic E-state index is -0.182. The molecular formula is C29H34N2O4. The minimum Gasteiger partial charge on any atom is -0.482 e. The van der Waals surface area contributed by atoms with E-state index in [-0.39, 0.29) is 23.0 Å². The first-order valence-electron chi connectivity index (χ1n) is 12.3. The molecular weight excluding hydrogens is 440 g/mol. The summed E-state index contributed by atoms with van der Waals surface area (Å²) in [4.78, 5) is 29.8. The Labute approximate surface area is 207 Å². The lowest BCUT2D eigenvalue weighted by Crippen LogP contribution is -2.49. The van der Waals surface area contributed by atoms with E-state index in [1.807, 2.05) is 49.1 Å². The molecule has 184 valence electrons. The third-order valence-electron chi connectivity index (χ3n) is 6.50. The van der Waals surface area contributed by atoms with Gasteiger partial charge in [-0.1, -0.05) is 66.6 Å². The zero-order valence-electron chi connectivity index (χ0n) is 20.8. The van der Waals surface area contributed by atoms with Crippen molar-refractivity contribution in [3.8, 4) is 5.75 Å². The lowest BCUT2D eigenvalue weighted by atomic mass is 9.95. The van der Waals surface area contributed by atoms with Gasteiger partial charge in [0.2, 0.25) is 17.1 Å². The normalized spacial score (nSPS) is 15.1. The Balaban J connectivity index is 1.30. The average molecular weight is 475 g/mol. The fourth-order valence-electron chi connectivity index (χ4n) is 4.75. The van der Waals surface area contributed by atoms with Crippen molar-refractivity contribution in [1.82, 2.24) is 9.80 Å². The van der Waals surface area contributed by atoms with E-state index in [9.17, 15) is 9.59 Å². The maximum absolute atomic E-state index is 13.1. The molecule has 1 aliphatic rings. The second-order valence-electron chi connectivity index (χ2n) is 9.33. The number of piperazine rings is 1. The van der Waals surface area contributed by atoms with Crippen molar-refractivity contribution in [1.29, 1.82) is 0 Å². The molecule has 1 fully saturated rings. The van der Waals surface area contributed by atoms with Gasteiger partial charge in [-0.25, -0.2) is 0 Å². The highest BCUT2D eigenvalue weighted by Crippen LogP contribution is 2.23. The van der Waals surface area contributed by atoms with Gasteiger partial charge in [0.15, 0.2) is 0 Å². The van der Waals surface area contributed by atoms with Crippen LogP contribution < -0.4 is 10.2 Å². The number of aryl methyl sites for hydroxylation is 2. The molecule has 6 heteroatoms. The third-order valence-corrected chi connectivity index (χ3v) is 6.50. The van der Waals surface area contributed by atoms with Crippen LogP contribution in [-0.2, 0) is 17.9 Å². The van der Waals surface area contributed by atoms with Crippen LogP contribution in [0.2, 0.25) is 0 Å². The molecule has 2 aromatic carbocycles. The van der Waals surface area contributed by atoms with Crippen LogP contribution in [0.1, 0.15) is 47.3 Å². The first-order valence-corrected chi connectivity index (χ1v) is 12.3. The molecule has 0 aliphatic carbocycles. The van der Waals surface area contributed by atoms with Crippen LogP contribution in [0.5, 0.6) is 5.75 Å². The van der Waals surface area contributed by atoms with Gasteiger partial charge in [0.1, 0.15) is 18.6 Å². The molecule has 0 saturated carbocycles. The standard InChI is InChI=1S/C29H34N2O4/c1-4-26(24-8-6-5-7-9-24)29(33)31-12-10-30(11-13-31)18-25-17-27(32)28(20-34-25)35-19-23-15-21(2)14-22(3)16-23/h5-9,14-17,20,26H,4,10-13,18-19H2,1-3H3/t26-/m1/s1. The van der Waals surface area contributed by atoms with Gasteiger partial charge in [-0.3, -0.25) is 14.5 Å². The first-order chi connectivity index (χ1) is 16.9. The van der Waals surface area contributed by atoms with Gasteiger partial charge in [-0.15, -0.1) is 0 Å². The van der Waals surface area contributed by atoms with E-state index in [1.165, 1.54) is 12.3 Å². The van der Waals surface area contributed by atoms with Crippen LogP contribution in [0.25, 0.3) is 0 Å². The zero-order valence-corrected chi connectivity index (χ0v) is 20.8. The summed E-state index contributed by atoms with van der Waals surface area (Å²) in [5.41, 5.74) is 4.24. The Morgan fingerprint density at radius 1 is 1.00 bits per heavy atom. The number of benzene rings is 2. The van der Waals surface area contributed by atoms with Crippen LogP contribution in [0.3, 0.4) is 0 Å². The van der Waals surface area contributed by atoms with Crippen LogP contribution in [-0.4, -0.2) is 41.9 Å². The second kappa shape index (κ2) is 11.4. The predicted octanol–water partition coefficient (Wildman–Crippen LogP) is 4.67. The SMILES string of the molecule is CC[C@@H](C(=O)N1CCN(Cc2cc(=O)c(OCc3cc(C)cc(C)c3)co2)CC1)c1ccccc1. The maximum Gasteiger partial charge on any atom is 0.230 e. The van der Waals surface area contributed by atoms with Gasteiger partial charge in [0, 0.05) is 32.2 Å². The molecule has 0 bridgehead atoms. The molecule has 1 aliphatic heterocycles. The summed E-state index contributed by atoms with van der Waals surface area (Å²) in [6.07, 6.45) is 2.19. The highest BCUT2D eigenvalue weighted by molar-refractivity contribution is 5.83. The first kappa shape index (κ1) is 24.7. The number of nitrogens with zero attached hydrogens (tertiary/aromatic N) is 2. The van der Waals surface area contributed by atoms with Crippen molar-refractivity contribution in [2.75, 3.05) is 26.2 Å². The topological polar surface area (TPSA) is 63.0 Å². The Morgan fingerprint density at radius 2 is 1.69 bits per heavy atom. The Morgan fingerprint density at radius 3 is 2.31 bits per heavy atom. The van der Waals surface area contributed by atoms with E-state index in [0.29, 0.717) is 32.0 Å². The fraction of sp³-hybridized carbons (Fsp3) is 0.379. The smallest absolute Gasteiger partial charge is 0.230 e. The summed E-state index contributed by atoms with van der Waals surface area (Å²) in [6, 6.07) is 17.7. The van der Waals surface area contributed by atoms with E-state index in [0.717, 1.165) is 41.8 Å². The molecule has 3 aromatic rings. The number of ether oxygens (including phenoxy) is 1. The lowest BCUT2D eigenvalue weighted by molar-refractivity contribution is -0.134. The molecule has 1 saturated heterocycles. The van der Waals surface area contributed by atoms with Crippen LogP contribution in [0.4, 0.5) is 0 Å². The molecule has 35 heavy (non-hydrogen) atoms. The average Bonchev–Trinajstić information content (AvgIpc) is 2.84. The van der Waals surface area contributed by atoms with E-state index in [1.54, 1.807) is 0 Å². The quantitative estimate of drug-likeness (QED) is 0.475.